The fourth-order valence-electron chi connectivity index (χ4n) is 4.85. The molecule has 2 aliphatic heterocycles. The van der Waals surface area contributed by atoms with E-state index in [9.17, 15) is 9.59 Å². The quantitative estimate of drug-likeness (QED) is 0.194. The van der Waals surface area contributed by atoms with Crippen molar-refractivity contribution in [1.29, 1.82) is 0 Å². The average molecular weight is 584 g/mol. The highest BCUT2D eigenvalue weighted by Gasteiger charge is 2.41. The molecule has 0 radical (unpaired) electrons. The maximum Gasteiger partial charge on any atom is 0.338 e. The molecule has 0 saturated heterocycles. The van der Waals surface area contributed by atoms with E-state index in [0.717, 1.165) is 16.8 Å². The number of amides is 1. The average Bonchev–Trinajstić information content (AvgIpc) is 3.39. The third kappa shape index (κ3) is 6.75. The second-order valence-corrected chi connectivity index (χ2v) is 10.8. The number of hydrogen-bond acceptors (Lipinski definition) is 8. The molecule has 9 heteroatoms. The van der Waals surface area contributed by atoms with Gasteiger partial charge in [0.15, 0.2) is 5.17 Å². The summed E-state index contributed by atoms with van der Waals surface area (Å²) in [6, 6.07) is 26.5. The molecule has 0 aliphatic carbocycles. The first-order valence-corrected chi connectivity index (χ1v) is 14.5. The predicted molar refractivity (Wildman–Crippen MR) is 164 cm³/mol. The Balaban J connectivity index is 1.45. The molecule has 2 heterocycles. The van der Waals surface area contributed by atoms with Gasteiger partial charge in [0, 0.05) is 26.4 Å². The second kappa shape index (κ2) is 13.5. The molecule has 0 N–H and O–H groups in total. The third-order valence-corrected chi connectivity index (χ3v) is 7.80. The number of carbonyl (C=O) groups excluding carboxylic acids is 2. The number of para-hydroxylation sites is 1. The first-order valence-electron chi connectivity index (χ1n) is 13.7. The van der Waals surface area contributed by atoms with Crippen LogP contribution in [0.25, 0.3) is 0 Å². The lowest BCUT2D eigenvalue weighted by atomic mass is 9.93. The van der Waals surface area contributed by atoms with E-state index < -0.39 is 12.0 Å². The lowest BCUT2D eigenvalue weighted by Crippen LogP contribution is -2.38. The van der Waals surface area contributed by atoms with Crippen LogP contribution < -0.4 is 4.74 Å². The Morgan fingerprint density at radius 2 is 1.67 bits per heavy atom. The van der Waals surface area contributed by atoms with Gasteiger partial charge in [-0.05, 0) is 47.7 Å². The van der Waals surface area contributed by atoms with E-state index in [1.54, 1.807) is 19.1 Å². The Hall–Kier alpha value is -4.34. The summed E-state index contributed by atoms with van der Waals surface area (Å²) in [4.78, 5) is 35.4. The minimum Gasteiger partial charge on any atom is -0.460 e. The van der Waals surface area contributed by atoms with Crippen molar-refractivity contribution in [3.8, 4) is 11.5 Å². The largest absolute Gasteiger partial charge is 0.460 e. The van der Waals surface area contributed by atoms with Crippen molar-refractivity contribution in [2.75, 3.05) is 27.4 Å². The zero-order chi connectivity index (χ0) is 29.5. The van der Waals surface area contributed by atoms with Gasteiger partial charge in [0.25, 0.3) is 0 Å². The number of rotatable bonds is 11. The van der Waals surface area contributed by atoms with Crippen LogP contribution in [0.2, 0.25) is 0 Å². The smallest absolute Gasteiger partial charge is 0.338 e. The van der Waals surface area contributed by atoms with Crippen molar-refractivity contribution in [1.82, 2.24) is 9.80 Å². The summed E-state index contributed by atoms with van der Waals surface area (Å²) in [5.41, 5.74) is 3.60. The van der Waals surface area contributed by atoms with Crippen molar-refractivity contribution < 1.29 is 23.8 Å². The van der Waals surface area contributed by atoms with Crippen molar-refractivity contribution in [2.45, 2.75) is 25.9 Å². The maximum atomic E-state index is 13.5. The Morgan fingerprint density at radius 1 is 0.952 bits per heavy atom. The molecule has 8 nitrogen and oxygen atoms in total. The van der Waals surface area contributed by atoms with Gasteiger partial charge >= 0.3 is 5.97 Å². The number of benzene rings is 3. The van der Waals surface area contributed by atoms with Crippen molar-refractivity contribution in [2.24, 2.45) is 4.99 Å². The number of hydrogen-bond donors (Lipinski definition) is 0. The SMILES string of the molecule is COCCOC(=O)C1=C(C)N=C2SC=C(CC(=O)N(C)Cc3ccccc3)N2C1c1cccc(Oc2ccccc2)c1. The van der Waals surface area contributed by atoms with Crippen LogP contribution in [0.5, 0.6) is 11.5 Å². The van der Waals surface area contributed by atoms with Crippen molar-refractivity contribution in [3.63, 3.8) is 0 Å². The molecular formula is C33H33N3O5S. The molecule has 2 aliphatic rings. The van der Waals surface area contributed by atoms with E-state index in [0.29, 0.717) is 34.5 Å². The Morgan fingerprint density at radius 3 is 2.40 bits per heavy atom. The van der Waals surface area contributed by atoms with Crippen LogP contribution in [-0.2, 0) is 25.6 Å². The Kier molecular flexibility index (Phi) is 9.41. The highest BCUT2D eigenvalue weighted by Crippen LogP contribution is 2.45. The van der Waals surface area contributed by atoms with Gasteiger partial charge in [-0.3, -0.25) is 4.79 Å². The lowest BCUT2D eigenvalue weighted by Gasteiger charge is -2.36. The van der Waals surface area contributed by atoms with Crippen molar-refractivity contribution >= 4 is 28.8 Å². The maximum absolute atomic E-state index is 13.5. The van der Waals surface area contributed by atoms with E-state index in [1.165, 1.54) is 11.8 Å². The summed E-state index contributed by atoms with van der Waals surface area (Å²) >= 11 is 1.44. The summed E-state index contributed by atoms with van der Waals surface area (Å²) in [5, 5.41) is 2.64. The van der Waals surface area contributed by atoms with Crippen LogP contribution in [0.4, 0.5) is 0 Å². The van der Waals surface area contributed by atoms with Crippen LogP contribution in [-0.4, -0.2) is 54.2 Å². The molecule has 216 valence electrons. The topological polar surface area (TPSA) is 80.7 Å². The number of fused-ring (bicyclic) bond motifs is 1. The number of nitrogens with zero attached hydrogens (tertiary/aromatic N) is 3. The lowest BCUT2D eigenvalue weighted by molar-refractivity contribution is -0.141. The van der Waals surface area contributed by atoms with Crippen LogP contribution in [0.15, 0.2) is 112 Å². The molecule has 3 aromatic carbocycles. The summed E-state index contributed by atoms with van der Waals surface area (Å²) < 4.78 is 16.8. The van der Waals surface area contributed by atoms with Gasteiger partial charge in [0.1, 0.15) is 18.1 Å². The van der Waals surface area contributed by atoms with E-state index in [1.807, 2.05) is 102 Å². The zero-order valence-electron chi connectivity index (χ0n) is 23.9. The molecule has 0 aromatic heterocycles. The number of ether oxygens (including phenoxy) is 3. The normalized spacial score (nSPS) is 16.0. The highest BCUT2D eigenvalue weighted by atomic mass is 32.2. The molecule has 1 amide bonds. The molecular weight excluding hydrogens is 550 g/mol. The van der Waals surface area contributed by atoms with E-state index in [4.69, 9.17) is 19.2 Å². The van der Waals surface area contributed by atoms with Gasteiger partial charge in [-0.2, -0.15) is 0 Å². The van der Waals surface area contributed by atoms with E-state index >= 15 is 0 Å². The van der Waals surface area contributed by atoms with Crippen LogP contribution in [0.1, 0.15) is 30.5 Å². The first kappa shape index (κ1) is 29.2. The molecule has 0 fully saturated rings. The Bertz CT molecular complexity index is 1520. The van der Waals surface area contributed by atoms with Gasteiger partial charge in [0.05, 0.1) is 30.3 Å². The summed E-state index contributed by atoms with van der Waals surface area (Å²) in [6.07, 6.45) is 0.150. The van der Waals surface area contributed by atoms with Gasteiger partial charge in [0.2, 0.25) is 5.91 Å². The number of aliphatic imine (C=N–C) groups is 1. The molecule has 42 heavy (non-hydrogen) atoms. The Labute approximate surface area is 250 Å². The summed E-state index contributed by atoms with van der Waals surface area (Å²) in [6.45, 7) is 2.71. The fourth-order valence-corrected chi connectivity index (χ4v) is 5.81. The van der Waals surface area contributed by atoms with Gasteiger partial charge < -0.3 is 24.0 Å². The number of thioether (sulfide) groups is 1. The predicted octanol–water partition coefficient (Wildman–Crippen LogP) is 6.29. The molecule has 1 atom stereocenters. The molecule has 0 spiro atoms. The van der Waals surface area contributed by atoms with Gasteiger partial charge in [-0.25, -0.2) is 9.79 Å². The number of allylic oxidation sites excluding steroid dienone is 1. The molecule has 0 saturated carbocycles. The van der Waals surface area contributed by atoms with Crippen LogP contribution >= 0.6 is 11.8 Å². The highest BCUT2D eigenvalue weighted by molar-refractivity contribution is 8.16. The number of methoxy groups -OCH3 is 1. The molecule has 0 bridgehead atoms. The molecule has 3 aromatic rings. The molecule has 1 unspecified atom stereocenters. The molecule has 5 rings (SSSR count). The number of amidine groups is 1. The van der Waals surface area contributed by atoms with E-state index in [2.05, 4.69) is 0 Å². The minimum absolute atomic E-state index is 0.0395. The van der Waals surface area contributed by atoms with Crippen LogP contribution in [0.3, 0.4) is 0 Å². The standard InChI is InChI=1S/C33H33N3O5S/c1-23-30(32(38)40-18-17-39-3)31(25-13-10-16-28(19-25)41-27-14-8-5-9-15-27)36-26(22-42-33(36)34-23)20-29(37)35(2)21-24-11-6-4-7-12-24/h4-16,19,22,31H,17-18,20-21H2,1-3H3. The van der Waals surface area contributed by atoms with Gasteiger partial charge in [-0.1, -0.05) is 72.4 Å². The van der Waals surface area contributed by atoms with Crippen molar-refractivity contribution in [3.05, 3.63) is 118 Å². The minimum atomic E-state index is -0.569. The van der Waals surface area contributed by atoms with E-state index in [-0.39, 0.29) is 25.5 Å². The third-order valence-electron chi connectivity index (χ3n) is 6.91. The fraction of sp³-hybridized carbons (Fsp3) is 0.242. The van der Waals surface area contributed by atoms with Crippen LogP contribution in [0, 0.1) is 0 Å². The number of carbonyl (C=O) groups is 2. The zero-order valence-corrected chi connectivity index (χ0v) is 24.7. The summed E-state index contributed by atoms with van der Waals surface area (Å²) in [5.74, 6) is 0.817. The second-order valence-electron chi connectivity index (χ2n) is 9.92. The first-order chi connectivity index (χ1) is 20.4. The number of esters is 1. The van der Waals surface area contributed by atoms with Gasteiger partial charge in [-0.15, -0.1) is 0 Å². The summed E-state index contributed by atoms with van der Waals surface area (Å²) in [7, 11) is 3.36. The monoisotopic (exact) mass is 583 g/mol.